The number of sulfone groups is 1. The second kappa shape index (κ2) is 8.22. The van der Waals surface area contributed by atoms with Gasteiger partial charge in [0, 0.05) is 31.7 Å². The van der Waals surface area contributed by atoms with Crippen LogP contribution in [0.5, 0.6) is 0 Å². The Hall–Kier alpha value is -0.870. The minimum atomic E-state index is -3.19. The van der Waals surface area contributed by atoms with Gasteiger partial charge >= 0.3 is 0 Å². The lowest BCUT2D eigenvalue weighted by Gasteiger charge is -2.24. The molecule has 10 heteroatoms. The Kier molecular flexibility index (Phi) is 6.72. The molecule has 0 aromatic rings. The van der Waals surface area contributed by atoms with Gasteiger partial charge in [0.15, 0.2) is 15.8 Å². The van der Waals surface area contributed by atoms with E-state index in [2.05, 4.69) is 15.6 Å². The zero-order valence-electron chi connectivity index (χ0n) is 15.2. The normalized spacial score (nSPS) is 27.8. The molecule has 146 valence electrons. The van der Waals surface area contributed by atoms with Crippen molar-refractivity contribution >= 4 is 25.8 Å². The van der Waals surface area contributed by atoms with Crippen LogP contribution in [0.2, 0.25) is 0 Å². The summed E-state index contributed by atoms with van der Waals surface area (Å²) in [5.74, 6) is 1.13. The average molecular weight is 395 g/mol. The van der Waals surface area contributed by atoms with Crippen LogP contribution in [0.4, 0.5) is 0 Å². The number of hydrogen-bond donors (Lipinski definition) is 2. The molecule has 2 heterocycles. The second-order valence-corrected chi connectivity index (χ2v) is 11.5. The van der Waals surface area contributed by atoms with Crippen LogP contribution in [0.25, 0.3) is 0 Å². The van der Waals surface area contributed by atoms with Crippen molar-refractivity contribution in [2.75, 3.05) is 37.4 Å². The van der Waals surface area contributed by atoms with Crippen LogP contribution in [0.15, 0.2) is 4.99 Å². The van der Waals surface area contributed by atoms with Gasteiger partial charge in [-0.25, -0.2) is 16.8 Å². The molecule has 0 radical (unpaired) electrons. The van der Waals surface area contributed by atoms with E-state index in [0.29, 0.717) is 32.0 Å². The standard InChI is InChI=1S/C15H30N4O4S2/c1-12(2)18-15(16-9-13-6-8-25(22,23)11-13)17-10-14-5-4-7-19(14)24(3,20)21/h12-14H,4-11H2,1-3H3,(H2,16,17,18)/t13?,14-/m1/s1. The minimum Gasteiger partial charge on any atom is -0.355 e. The van der Waals surface area contributed by atoms with Gasteiger partial charge in [0.2, 0.25) is 10.0 Å². The third-order valence-corrected chi connectivity index (χ3v) is 7.68. The third-order valence-electron chi connectivity index (χ3n) is 4.51. The van der Waals surface area contributed by atoms with Crippen LogP contribution < -0.4 is 10.6 Å². The van der Waals surface area contributed by atoms with Gasteiger partial charge in [-0.1, -0.05) is 0 Å². The fourth-order valence-electron chi connectivity index (χ4n) is 3.33. The van der Waals surface area contributed by atoms with Crippen LogP contribution in [-0.4, -0.2) is 76.6 Å². The zero-order chi connectivity index (χ0) is 18.7. The monoisotopic (exact) mass is 394 g/mol. The molecular formula is C15H30N4O4S2. The summed E-state index contributed by atoms with van der Waals surface area (Å²) < 4.78 is 48.3. The summed E-state index contributed by atoms with van der Waals surface area (Å²) in [5, 5.41) is 6.45. The van der Waals surface area contributed by atoms with E-state index in [1.807, 2.05) is 13.8 Å². The van der Waals surface area contributed by atoms with Crippen molar-refractivity contribution in [2.45, 2.75) is 45.2 Å². The Morgan fingerprint density at radius 1 is 1.32 bits per heavy atom. The first-order valence-electron chi connectivity index (χ1n) is 8.79. The SMILES string of the molecule is CC(C)NC(=NCC1CCS(=O)(=O)C1)NC[C@H]1CCCN1S(C)(=O)=O. The molecule has 0 aromatic carbocycles. The summed E-state index contributed by atoms with van der Waals surface area (Å²) >= 11 is 0. The zero-order valence-corrected chi connectivity index (χ0v) is 16.9. The average Bonchev–Trinajstić information content (AvgIpc) is 3.07. The lowest BCUT2D eigenvalue weighted by atomic mass is 10.1. The number of guanidine groups is 1. The molecule has 2 N–H and O–H groups in total. The Morgan fingerprint density at radius 2 is 2.04 bits per heavy atom. The smallest absolute Gasteiger partial charge is 0.211 e. The van der Waals surface area contributed by atoms with Crippen molar-refractivity contribution in [3.63, 3.8) is 0 Å². The van der Waals surface area contributed by atoms with E-state index in [-0.39, 0.29) is 29.5 Å². The fraction of sp³-hybridized carbons (Fsp3) is 0.933. The molecule has 1 unspecified atom stereocenters. The maximum Gasteiger partial charge on any atom is 0.211 e. The molecule has 0 amide bonds. The van der Waals surface area contributed by atoms with Crippen molar-refractivity contribution in [1.29, 1.82) is 0 Å². The molecule has 2 aliphatic heterocycles. The van der Waals surface area contributed by atoms with E-state index in [9.17, 15) is 16.8 Å². The van der Waals surface area contributed by atoms with Crippen LogP contribution in [-0.2, 0) is 19.9 Å². The predicted octanol–water partition coefficient (Wildman–Crippen LogP) is -0.211. The van der Waals surface area contributed by atoms with Gasteiger partial charge in [-0.05, 0) is 39.0 Å². The Morgan fingerprint density at radius 3 is 2.60 bits per heavy atom. The molecule has 0 bridgehead atoms. The molecule has 2 saturated heterocycles. The molecule has 2 aliphatic rings. The largest absolute Gasteiger partial charge is 0.355 e. The van der Waals surface area contributed by atoms with Gasteiger partial charge in [-0.15, -0.1) is 0 Å². The maximum absolute atomic E-state index is 11.8. The van der Waals surface area contributed by atoms with Crippen LogP contribution in [0, 0.1) is 5.92 Å². The number of hydrogen-bond acceptors (Lipinski definition) is 5. The summed E-state index contributed by atoms with van der Waals surface area (Å²) in [6, 6.07) is 0.106. The highest BCUT2D eigenvalue weighted by atomic mass is 32.2. The number of sulfonamides is 1. The lowest BCUT2D eigenvalue weighted by Crippen LogP contribution is -2.47. The number of nitrogens with zero attached hydrogens (tertiary/aromatic N) is 2. The highest BCUT2D eigenvalue weighted by Crippen LogP contribution is 2.20. The van der Waals surface area contributed by atoms with E-state index < -0.39 is 19.9 Å². The fourth-order valence-corrected chi connectivity index (χ4v) is 6.36. The van der Waals surface area contributed by atoms with E-state index in [1.54, 1.807) is 0 Å². The van der Waals surface area contributed by atoms with E-state index in [0.717, 1.165) is 12.8 Å². The van der Waals surface area contributed by atoms with Gasteiger partial charge < -0.3 is 10.6 Å². The van der Waals surface area contributed by atoms with Gasteiger partial charge in [0.05, 0.1) is 17.8 Å². The summed E-state index contributed by atoms with van der Waals surface area (Å²) in [6.07, 6.45) is 3.60. The quantitative estimate of drug-likeness (QED) is 0.477. The molecule has 2 rings (SSSR count). The lowest BCUT2D eigenvalue weighted by molar-refractivity contribution is 0.387. The van der Waals surface area contributed by atoms with E-state index in [4.69, 9.17) is 0 Å². The van der Waals surface area contributed by atoms with Crippen molar-refractivity contribution in [2.24, 2.45) is 10.9 Å². The van der Waals surface area contributed by atoms with Gasteiger partial charge in [0.25, 0.3) is 0 Å². The minimum absolute atomic E-state index is 0.0646. The maximum atomic E-state index is 11.8. The van der Waals surface area contributed by atoms with Crippen LogP contribution in [0.3, 0.4) is 0 Å². The van der Waals surface area contributed by atoms with Gasteiger partial charge in [-0.3, -0.25) is 4.99 Å². The van der Waals surface area contributed by atoms with Crippen LogP contribution >= 0.6 is 0 Å². The molecule has 0 saturated carbocycles. The highest BCUT2D eigenvalue weighted by molar-refractivity contribution is 7.91. The van der Waals surface area contributed by atoms with Gasteiger partial charge in [0.1, 0.15) is 0 Å². The highest BCUT2D eigenvalue weighted by Gasteiger charge is 2.31. The molecule has 0 aromatic heterocycles. The molecule has 2 fully saturated rings. The summed E-state index contributed by atoms with van der Waals surface area (Å²) in [6.45, 7) is 5.51. The van der Waals surface area contributed by atoms with Crippen molar-refractivity contribution in [1.82, 2.24) is 14.9 Å². The third kappa shape index (κ3) is 6.41. The Balaban J connectivity index is 1.94. The molecule has 8 nitrogen and oxygen atoms in total. The van der Waals surface area contributed by atoms with Crippen molar-refractivity contribution in [3.05, 3.63) is 0 Å². The van der Waals surface area contributed by atoms with Crippen LogP contribution in [0.1, 0.15) is 33.1 Å². The molecule has 0 spiro atoms. The number of rotatable bonds is 6. The van der Waals surface area contributed by atoms with E-state index in [1.165, 1.54) is 10.6 Å². The number of nitrogens with one attached hydrogen (secondary N) is 2. The first-order chi connectivity index (χ1) is 11.6. The van der Waals surface area contributed by atoms with Crippen molar-refractivity contribution in [3.8, 4) is 0 Å². The molecule has 2 atom stereocenters. The van der Waals surface area contributed by atoms with E-state index >= 15 is 0 Å². The second-order valence-electron chi connectivity index (χ2n) is 7.31. The predicted molar refractivity (Wildman–Crippen MR) is 99.9 cm³/mol. The summed E-state index contributed by atoms with van der Waals surface area (Å²) in [5.41, 5.74) is 0. The topological polar surface area (TPSA) is 108 Å². The summed E-state index contributed by atoms with van der Waals surface area (Å²) in [7, 11) is -6.09. The molecule has 25 heavy (non-hydrogen) atoms. The number of aliphatic imine (C=N–C) groups is 1. The summed E-state index contributed by atoms with van der Waals surface area (Å²) in [4.78, 5) is 4.52. The van der Waals surface area contributed by atoms with Crippen molar-refractivity contribution < 1.29 is 16.8 Å². The first kappa shape index (κ1) is 20.4. The molecular weight excluding hydrogens is 364 g/mol. The Bertz CT molecular complexity index is 688. The Labute approximate surface area is 151 Å². The first-order valence-corrected chi connectivity index (χ1v) is 12.5. The van der Waals surface area contributed by atoms with Gasteiger partial charge in [-0.2, -0.15) is 4.31 Å². The molecule has 0 aliphatic carbocycles.